The first kappa shape index (κ1) is 12.7. The summed E-state index contributed by atoms with van der Waals surface area (Å²) in [5, 5.41) is 9.26. The molecule has 88 valence electrons. The van der Waals surface area contributed by atoms with Crippen LogP contribution in [0.1, 0.15) is 26.7 Å². The van der Waals surface area contributed by atoms with Crippen molar-refractivity contribution >= 4 is 5.97 Å². The van der Waals surface area contributed by atoms with Gasteiger partial charge in [0, 0.05) is 0 Å². The molecule has 2 atom stereocenters. The molecule has 0 saturated carbocycles. The van der Waals surface area contributed by atoms with E-state index < -0.39 is 6.10 Å². The molecule has 16 heavy (non-hydrogen) atoms. The van der Waals surface area contributed by atoms with Crippen molar-refractivity contribution < 1.29 is 14.6 Å². The lowest BCUT2D eigenvalue weighted by Crippen LogP contribution is -2.23. The summed E-state index contributed by atoms with van der Waals surface area (Å²) in [5.41, 5.74) is 0. The van der Waals surface area contributed by atoms with Gasteiger partial charge in [-0.3, -0.25) is 4.79 Å². The van der Waals surface area contributed by atoms with Crippen molar-refractivity contribution in [2.75, 3.05) is 0 Å². The number of benzene rings is 1. The van der Waals surface area contributed by atoms with Crippen LogP contribution >= 0.6 is 0 Å². The first-order valence-electron chi connectivity index (χ1n) is 5.58. The van der Waals surface area contributed by atoms with Gasteiger partial charge in [0.15, 0.2) is 0 Å². The van der Waals surface area contributed by atoms with Crippen LogP contribution in [-0.2, 0) is 4.79 Å². The molecule has 0 amide bonds. The summed E-state index contributed by atoms with van der Waals surface area (Å²) in [4.78, 5) is 11.7. The molecule has 1 aromatic carbocycles. The summed E-state index contributed by atoms with van der Waals surface area (Å²) < 4.78 is 5.22. The topological polar surface area (TPSA) is 46.5 Å². The molecule has 0 aliphatic carbocycles. The normalized spacial score (nSPS) is 14.2. The van der Waals surface area contributed by atoms with E-state index in [1.54, 1.807) is 19.1 Å². The Bertz CT molecular complexity index is 319. The molecule has 0 bridgehead atoms. The van der Waals surface area contributed by atoms with Crippen LogP contribution < -0.4 is 4.74 Å². The predicted molar refractivity (Wildman–Crippen MR) is 62.2 cm³/mol. The Balaban J connectivity index is 2.56. The maximum Gasteiger partial charge on any atom is 0.314 e. The Hall–Kier alpha value is -1.35. The number of hydrogen-bond acceptors (Lipinski definition) is 3. The largest absolute Gasteiger partial charge is 0.426 e. The monoisotopic (exact) mass is 222 g/mol. The number of ether oxygens (including phenoxy) is 1. The van der Waals surface area contributed by atoms with Gasteiger partial charge in [-0.25, -0.2) is 0 Å². The number of hydrogen-bond donors (Lipinski definition) is 1. The molecule has 0 aliphatic rings. The zero-order chi connectivity index (χ0) is 12.0. The molecule has 1 aromatic rings. The van der Waals surface area contributed by atoms with Crippen molar-refractivity contribution in [3.05, 3.63) is 30.3 Å². The van der Waals surface area contributed by atoms with E-state index >= 15 is 0 Å². The molecule has 0 heterocycles. The minimum absolute atomic E-state index is 0.236. The Labute approximate surface area is 96.1 Å². The maximum atomic E-state index is 11.7. The lowest BCUT2D eigenvalue weighted by atomic mass is 10.00. The number of aliphatic hydroxyl groups excluding tert-OH is 1. The van der Waals surface area contributed by atoms with Gasteiger partial charge in [-0.15, -0.1) is 0 Å². The van der Waals surface area contributed by atoms with E-state index in [1.807, 2.05) is 25.1 Å². The van der Waals surface area contributed by atoms with Gasteiger partial charge in [0.2, 0.25) is 0 Å². The van der Waals surface area contributed by atoms with E-state index in [1.165, 1.54) is 0 Å². The van der Waals surface area contributed by atoms with Crippen LogP contribution in [0.2, 0.25) is 0 Å². The second-order valence-corrected chi connectivity index (χ2v) is 3.92. The molecule has 2 unspecified atom stereocenters. The molecule has 3 nitrogen and oxygen atoms in total. The van der Waals surface area contributed by atoms with E-state index in [0.717, 1.165) is 0 Å². The van der Waals surface area contributed by atoms with Crippen molar-refractivity contribution in [3.63, 3.8) is 0 Å². The molecule has 0 spiro atoms. The average molecular weight is 222 g/mol. The van der Waals surface area contributed by atoms with Crippen molar-refractivity contribution in [1.82, 2.24) is 0 Å². The fraction of sp³-hybridized carbons (Fsp3) is 0.462. The van der Waals surface area contributed by atoms with Gasteiger partial charge in [0.05, 0.1) is 12.0 Å². The minimum Gasteiger partial charge on any atom is -0.426 e. The number of carbonyl (C=O) groups excluding carboxylic acids is 1. The Kier molecular flexibility index (Phi) is 4.99. The third-order valence-corrected chi connectivity index (χ3v) is 2.41. The van der Waals surface area contributed by atoms with Crippen LogP contribution in [0, 0.1) is 5.92 Å². The van der Waals surface area contributed by atoms with Crippen LogP contribution in [0.4, 0.5) is 0 Å². The summed E-state index contributed by atoms with van der Waals surface area (Å²) >= 11 is 0. The summed E-state index contributed by atoms with van der Waals surface area (Å²) in [7, 11) is 0. The smallest absolute Gasteiger partial charge is 0.314 e. The van der Waals surface area contributed by atoms with Gasteiger partial charge in [-0.05, 0) is 31.9 Å². The van der Waals surface area contributed by atoms with E-state index in [-0.39, 0.29) is 11.9 Å². The van der Waals surface area contributed by atoms with Crippen molar-refractivity contribution in [2.45, 2.75) is 32.8 Å². The molecule has 0 radical (unpaired) electrons. The first-order chi connectivity index (χ1) is 7.63. The molecule has 3 heteroatoms. The first-order valence-corrected chi connectivity index (χ1v) is 5.58. The molecule has 1 N–H and O–H groups in total. The Morgan fingerprint density at radius 3 is 2.50 bits per heavy atom. The second-order valence-electron chi connectivity index (χ2n) is 3.92. The van der Waals surface area contributed by atoms with E-state index in [9.17, 15) is 9.90 Å². The molecular formula is C13H18O3. The van der Waals surface area contributed by atoms with E-state index in [4.69, 9.17) is 4.74 Å². The highest BCUT2D eigenvalue weighted by atomic mass is 16.5. The Morgan fingerprint density at radius 2 is 2.00 bits per heavy atom. The minimum atomic E-state index is -0.478. The summed E-state index contributed by atoms with van der Waals surface area (Å²) in [6.07, 6.45) is 0.645. The zero-order valence-corrected chi connectivity index (χ0v) is 9.72. The SMILES string of the molecule is CCC(CC(C)O)C(=O)Oc1ccccc1. The average Bonchev–Trinajstić information content (AvgIpc) is 2.26. The highest BCUT2D eigenvalue weighted by Crippen LogP contribution is 2.16. The zero-order valence-electron chi connectivity index (χ0n) is 9.72. The number of para-hydroxylation sites is 1. The van der Waals surface area contributed by atoms with Gasteiger partial charge in [0.25, 0.3) is 0 Å². The highest BCUT2D eigenvalue weighted by molar-refractivity contribution is 5.75. The fourth-order valence-electron chi connectivity index (χ4n) is 1.53. The van der Waals surface area contributed by atoms with Crippen LogP contribution in [0.25, 0.3) is 0 Å². The third kappa shape index (κ3) is 4.03. The van der Waals surface area contributed by atoms with Crippen molar-refractivity contribution in [1.29, 1.82) is 0 Å². The molecule has 0 fully saturated rings. The highest BCUT2D eigenvalue weighted by Gasteiger charge is 2.20. The number of rotatable bonds is 5. The second kappa shape index (κ2) is 6.28. The summed E-state index contributed by atoms with van der Waals surface area (Å²) in [6, 6.07) is 8.99. The van der Waals surface area contributed by atoms with E-state index in [2.05, 4.69) is 0 Å². The molecule has 1 rings (SSSR count). The number of aliphatic hydroxyl groups is 1. The standard InChI is InChI=1S/C13H18O3/c1-3-11(9-10(2)14)13(15)16-12-7-5-4-6-8-12/h4-8,10-11,14H,3,9H2,1-2H3. The quantitative estimate of drug-likeness (QED) is 0.614. The molecule has 0 aromatic heterocycles. The molecule has 0 aliphatic heterocycles. The van der Waals surface area contributed by atoms with Gasteiger partial charge in [-0.2, -0.15) is 0 Å². The predicted octanol–water partition coefficient (Wildman–Crippen LogP) is 2.39. The third-order valence-electron chi connectivity index (χ3n) is 2.41. The Morgan fingerprint density at radius 1 is 1.38 bits per heavy atom. The summed E-state index contributed by atoms with van der Waals surface area (Å²) in [6.45, 7) is 3.59. The van der Waals surface area contributed by atoms with Crippen molar-refractivity contribution in [3.8, 4) is 5.75 Å². The van der Waals surface area contributed by atoms with Crippen LogP contribution in [0.3, 0.4) is 0 Å². The van der Waals surface area contributed by atoms with E-state index in [0.29, 0.717) is 18.6 Å². The number of carbonyl (C=O) groups is 1. The van der Waals surface area contributed by atoms with Crippen molar-refractivity contribution in [2.24, 2.45) is 5.92 Å². The lowest BCUT2D eigenvalue weighted by Gasteiger charge is -2.15. The van der Waals surface area contributed by atoms with Gasteiger partial charge in [-0.1, -0.05) is 25.1 Å². The van der Waals surface area contributed by atoms with Gasteiger partial charge in [0.1, 0.15) is 5.75 Å². The maximum absolute atomic E-state index is 11.7. The molecule has 0 saturated heterocycles. The lowest BCUT2D eigenvalue weighted by molar-refractivity contribution is -0.140. The summed E-state index contributed by atoms with van der Waals surface area (Å²) in [5.74, 6) is 0.0475. The molecular weight excluding hydrogens is 204 g/mol. The fourth-order valence-corrected chi connectivity index (χ4v) is 1.53. The van der Waals surface area contributed by atoms with Crippen LogP contribution in [-0.4, -0.2) is 17.2 Å². The van der Waals surface area contributed by atoms with Crippen LogP contribution in [0.15, 0.2) is 30.3 Å². The number of esters is 1. The van der Waals surface area contributed by atoms with Gasteiger partial charge < -0.3 is 9.84 Å². The van der Waals surface area contributed by atoms with Gasteiger partial charge >= 0.3 is 5.97 Å². The van der Waals surface area contributed by atoms with Crippen LogP contribution in [0.5, 0.6) is 5.75 Å².